The number of hydrogen-bond acceptors (Lipinski definition) is 6. The van der Waals surface area contributed by atoms with Crippen LogP contribution in [0.3, 0.4) is 0 Å². The lowest BCUT2D eigenvalue weighted by molar-refractivity contribution is -0.387. The molecule has 1 N–H and O–H groups in total. The van der Waals surface area contributed by atoms with Crippen LogP contribution in [0.2, 0.25) is 0 Å². The third kappa shape index (κ3) is 4.12. The Morgan fingerprint density at radius 2 is 1.77 bits per heavy atom. The van der Waals surface area contributed by atoms with Crippen molar-refractivity contribution in [3.05, 3.63) is 58.1 Å². The first kappa shape index (κ1) is 16.1. The molecule has 0 heterocycles. The molecule has 0 aliphatic heterocycles. The maximum atomic E-state index is 11.0. The average Bonchev–Trinajstić information content (AvgIpc) is 2.54. The monoisotopic (exact) mass is 320 g/mol. The van der Waals surface area contributed by atoms with Crippen LogP contribution in [0.25, 0.3) is 0 Å². The standard InChI is InChI=1S/C15H16N2O4S/c1-20-12-7-11(8-13(9-12)21-2)10-16-22-15-6-4-3-5-14(15)17(18)19/h3-9,16H,10H2,1-2H3. The smallest absolute Gasteiger partial charge is 0.284 e. The van der Waals surface area contributed by atoms with Crippen molar-refractivity contribution in [2.75, 3.05) is 14.2 Å². The fraction of sp³-hybridized carbons (Fsp3) is 0.200. The van der Waals surface area contributed by atoms with Gasteiger partial charge in [-0.1, -0.05) is 12.1 Å². The molecular formula is C15H16N2O4S. The van der Waals surface area contributed by atoms with Crippen LogP contribution < -0.4 is 14.2 Å². The molecule has 0 aromatic heterocycles. The van der Waals surface area contributed by atoms with Crippen molar-refractivity contribution in [1.29, 1.82) is 0 Å². The first-order valence-electron chi connectivity index (χ1n) is 6.49. The van der Waals surface area contributed by atoms with E-state index in [0.29, 0.717) is 22.9 Å². The fourth-order valence-corrected chi connectivity index (χ4v) is 2.65. The first-order valence-corrected chi connectivity index (χ1v) is 7.30. The van der Waals surface area contributed by atoms with Crippen molar-refractivity contribution in [1.82, 2.24) is 4.72 Å². The molecule has 0 aliphatic rings. The van der Waals surface area contributed by atoms with Gasteiger partial charge in [-0.05, 0) is 35.7 Å². The summed E-state index contributed by atoms with van der Waals surface area (Å²) in [6, 6.07) is 12.2. The van der Waals surface area contributed by atoms with Crippen molar-refractivity contribution in [2.24, 2.45) is 0 Å². The maximum Gasteiger partial charge on any atom is 0.284 e. The summed E-state index contributed by atoms with van der Waals surface area (Å²) in [5.74, 6) is 1.40. The summed E-state index contributed by atoms with van der Waals surface area (Å²) < 4.78 is 13.5. The molecule has 0 fully saturated rings. The Balaban J connectivity index is 2.04. The molecule has 0 amide bonds. The van der Waals surface area contributed by atoms with Crippen LogP contribution in [-0.4, -0.2) is 19.1 Å². The van der Waals surface area contributed by atoms with E-state index in [1.165, 1.54) is 18.0 Å². The number of nitrogens with zero attached hydrogens (tertiary/aromatic N) is 1. The van der Waals surface area contributed by atoms with Crippen LogP contribution in [0.5, 0.6) is 11.5 Å². The Bertz CT molecular complexity index is 641. The summed E-state index contributed by atoms with van der Waals surface area (Å²) in [5.41, 5.74) is 1.05. The Morgan fingerprint density at radius 1 is 1.14 bits per heavy atom. The number of para-hydroxylation sites is 1. The predicted octanol–water partition coefficient (Wildman–Crippen LogP) is 3.41. The average molecular weight is 320 g/mol. The molecule has 22 heavy (non-hydrogen) atoms. The van der Waals surface area contributed by atoms with Gasteiger partial charge in [0.25, 0.3) is 5.69 Å². The molecule has 0 unspecified atom stereocenters. The van der Waals surface area contributed by atoms with Gasteiger partial charge in [-0.15, -0.1) is 0 Å². The zero-order valence-electron chi connectivity index (χ0n) is 12.2. The second kappa shape index (κ2) is 7.67. The highest BCUT2D eigenvalue weighted by atomic mass is 32.2. The van der Waals surface area contributed by atoms with E-state index in [1.807, 2.05) is 12.1 Å². The molecule has 0 radical (unpaired) electrons. The van der Waals surface area contributed by atoms with Crippen LogP contribution in [0.15, 0.2) is 47.4 Å². The molecule has 2 aromatic rings. The van der Waals surface area contributed by atoms with Crippen molar-refractivity contribution in [3.8, 4) is 11.5 Å². The molecular weight excluding hydrogens is 304 g/mol. The minimum Gasteiger partial charge on any atom is -0.497 e. The van der Waals surface area contributed by atoms with Gasteiger partial charge in [-0.25, -0.2) is 0 Å². The summed E-state index contributed by atoms with van der Waals surface area (Å²) in [4.78, 5) is 11.1. The Kier molecular flexibility index (Phi) is 5.62. The SMILES string of the molecule is COc1cc(CNSc2ccccc2[N+](=O)[O-])cc(OC)c1. The minimum atomic E-state index is -0.390. The molecule has 0 spiro atoms. The molecule has 2 rings (SSSR count). The Hall–Kier alpha value is -2.25. The van der Waals surface area contributed by atoms with E-state index in [4.69, 9.17) is 9.47 Å². The number of rotatable bonds is 7. The topological polar surface area (TPSA) is 73.6 Å². The molecule has 0 bridgehead atoms. The van der Waals surface area contributed by atoms with E-state index in [2.05, 4.69) is 4.72 Å². The summed E-state index contributed by atoms with van der Waals surface area (Å²) in [7, 11) is 3.18. The van der Waals surface area contributed by atoms with Gasteiger partial charge in [0.1, 0.15) is 16.4 Å². The summed E-state index contributed by atoms with van der Waals surface area (Å²) >= 11 is 1.22. The summed E-state index contributed by atoms with van der Waals surface area (Å²) in [6.07, 6.45) is 0. The highest BCUT2D eigenvalue weighted by molar-refractivity contribution is 7.97. The Labute approximate surface area is 132 Å². The third-order valence-electron chi connectivity index (χ3n) is 2.93. The highest BCUT2D eigenvalue weighted by Gasteiger charge is 2.12. The number of nitro benzene ring substituents is 1. The van der Waals surface area contributed by atoms with E-state index >= 15 is 0 Å². The number of nitro groups is 1. The molecule has 7 heteroatoms. The number of hydrogen-bond donors (Lipinski definition) is 1. The molecule has 0 aliphatic carbocycles. The van der Waals surface area contributed by atoms with Gasteiger partial charge in [-0.3, -0.25) is 14.8 Å². The van der Waals surface area contributed by atoms with Gasteiger partial charge < -0.3 is 9.47 Å². The van der Waals surface area contributed by atoms with Gasteiger partial charge in [-0.2, -0.15) is 0 Å². The van der Waals surface area contributed by atoms with E-state index in [1.54, 1.807) is 38.5 Å². The molecule has 116 valence electrons. The lowest BCUT2D eigenvalue weighted by Gasteiger charge is -2.09. The zero-order chi connectivity index (χ0) is 15.9. The van der Waals surface area contributed by atoms with Crippen molar-refractivity contribution in [3.63, 3.8) is 0 Å². The van der Waals surface area contributed by atoms with E-state index < -0.39 is 4.92 Å². The van der Waals surface area contributed by atoms with Crippen molar-refractivity contribution in [2.45, 2.75) is 11.4 Å². The molecule has 0 saturated heterocycles. The number of methoxy groups -OCH3 is 2. The first-order chi connectivity index (χ1) is 10.6. The quantitative estimate of drug-likeness (QED) is 0.479. The largest absolute Gasteiger partial charge is 0.497 e. The fourth-order valence-electron chi connectivity index (χ4n) is 1.86. The summed E-state index contributed by atoms with van der Waals surface area (Å²) in [6.45, 7) is 0.518. The van der Waals surface area contributed by atoms with E-state index in [9.17, 15) is 10.1 Å². The molecule has 0 atom stereocenters. The molecule has 2 aromatic carbocycles. The second-order valence-corrected chi connectivity index (χ2v) is 5.30. The number of nitrogens with one attached hydrogen (secondary N) is 1. The van der Waals surface area contributed by atoms with Crippen LogP contribution in [-0.2, 0) is 6.54 Å². The maximum absolute atomic E-state index is 11.0. The van der Waals surface area contributed by atoms with Gasteiger partial charge >= 0.3 is 0 Å². The second-order valence-electron chi connectivity index (χ2n) is 4.37. The van der Waals surface area contributed by atoms with Gasteiger partial charge in [0.15, 0.2) is 0 Å². The van der Waals surface area contributed by atoms with E-state index in [0.717, 1.165) is 5.56 Å². The third-order valence-corrected chi connectivity index (χ3v) is 3.79. The van der Waals surface area contributed by atoms with Crippen LogP contribution in [0.4, 0.5) is 5.69 Å². The minimum absolute atomic E-state index is 0.0863. The summed E-state index contributed by atoms with van der Waals surface area (Å²) in [5, 5.41) is 11.0. The zero-order valence-corrected chi connectivity index (χ0v) is 13.1. The van der Waals surface area contributed by atoms with Crippen LogP contribution >= 0.6 is 11.9 Å². The lowest BCUT2D eigenvalue weighted by Crippen LogP contribution is -2.04. The normalized spacial score (nSPS) is 10.3. The van der Waals surface area contributed by atoms with Crippen molar-refractivity contribution < 1.29 is 14.4 Å². The van der Waals surface area contributed by atoms with Gasteiger partial charge in [0, 0.05) is 18.7 Å². The highest BCUT2D eigenvalue weighted by Crippen LogP contribution is 2.27. The van der Waals surface area contributed by atoms with Crippen molar-refractivity contribution >= 4 is 17.6 Å². The molecule has 0 saturated carbocycles. The van der Waals surface area contributed by atoms with Crippen LogP contribution in [0, 0.1) is 10.1 Å². The van der Waals surface area contributed by atoms with E-state index in [-0.39, 0.29) is 5.69 Å². The molecule has 6 nitrogen and oxygen atoms in total. The van der Waals surface area contributed by atoms with Gasteiger partial charge in [0.05, 0.1) is 19.1 Å². The predicted molar refractivity (Wildman–Crippen MR) is 85.3 cm³/mol. The van der Waals surface area contributed by atoms with Crippen LogP contribution in [0.1, 0.15) is 5.56 Å². The Morgan fingerprint density at radius 3 is 2.36 bits per heavy atom. The number of benzene rings is 2. The number of ether oxygens (including phenoxy) is 2. The van der Waals surface area contributed by atoms with Gasteiger partial charge in [0.2, 0.25) is 0 Å². The lowest BCUT2D eigenvalue weighted by atomic mass is 10.2.